The van der Waals surface area contributed by atoms with Gasteiger partial charge in [0.15, 0.2) is 0 Å². The van der Waals surface area contributed by atoms with Gasteiger partial charge in [0.1, 0.15) is 11.9 Å². The zero-order chi connectivity index (χ0) is 18.9. The number of carbonyl (C=O) groups excluding carboxylic acids is 1. The molecule has 1 atom stereocenters. The summed E-state index contributed by atoms with van der Waals surface area (Å²) in [6.45, 7) is 1.67. The van der Waals surface area contributed by atoms with Gasteiger partial charge in [0.05, 0.1) is 11.4 Å². The number of sulfonamides is 1. The van der Waals surface area contributed by atoms with E-state index >= 15 is 0 Å². The van der Waals surface area contributed by atoms with Gasteiger partial charge in [-0.15, -0.1) is 0 Å². The molecule has 0 aromatic heterocycles. The number of halogens is 2. The molecular weight excluding hydrogens is 423 g/mol. The van der Waals surface area contributed by atoms with E-state index in [0.717, 1.165) is 11.1 Å². The molecule has 1 amide bonds. The largest absolute Gasteiger partial charge is 0.322 e. The van der Waals surface area contributed by atoms with Crippen molar-refractivity contribution in [2.45, 2.75) is 25.9 Å². The Hall–Kier alpha value is -1.77. The summed E-state index contributed by atoms with van der Waals surface area (Å²) >= 11 is 3.16. The standard InChI is InChI=1S/C18H18BrFN2O3S/c1-2-26(24,25)22-11-13-6-4-3-5-12(13)9-17(22)18(23)21-16-8-7-14(19)10-15(16)20/h3-8,10,17H,2,9,11H2,1H3,(H,21,23)/t17-/m0/s1. The lowest BCUT2D eigenvalue weighted by atomic mass is 9.95. The van der Waals surface area contributed by atoms with E-state index in [4.69, 9.17) is 0 Å². The number of nitrogens with zero attached hydrogens (tertiary/aromatic N) is 1. The predicted molar refractivity (Wildman–Crippen MR) is 102 cm³/mol. The first kappa shape index (κ1) is 19.0. The molecule has 0 saturated carbocycles. The SMILES string of the molecule is CCS(=O)(=O)N1Cc2ccccc2C[C@H]1C(=O)Nc1ccc(Br)cc1F. The summed E-state index contributed by atoms with van der Waals surface area (Å²) < 4.78 is 40.8. The van der Waals surface area contributed by atoms with Crippen LogP contribution in [-0.2, 0) is 27.8 Å². The minimum atomic E-state index is -3.60. The number of hydrogen-bond acceptors (Lipinski definition) is 3. The fourth-order valence-electron chi connectivity index (χ4n) is 2.99. The normalized spacial score (nSPS) is 17.6. The Bertz CT molecular complexity index is 949. The van der Waals surface area contributed by atoms with E-state index in [1.54, 1.807) is 13.0 Å². The highest BCUT2D eigenvalue weighted by Crippen LogP contribution is 2.27. The van der Waals surface area contributed by atoms with E-state index in [9.17, 15) is 17.6 Å². The Morgan fingerprint density at radius 2 is 1.96 bits per heavy atom. The minimum absolute atomic E-state index is 0.0194. The van der Waals surface area contributed by atoms with Gasteiger partial charge >= 0.3 is 0 Å². The van der Waals surface area contributed by atoms with Gasteiger partial charge in [-0.05, 0) is 42.7 Å². The van der Waals surface area contributed by atoms with Gasteiger partial charge in [-0.3, -0.25) is 4.79 Å². The van der Waals surface area contributed by atoms with Crippen LogP contribution in [0, 0.1) is 5.82 Å². The van der Waals surface area contributed by atoms with Crippen LogP contribution in [0.15, 0.2) is 46.9 Å². The van der Waals surface area contributed by atoms with Crippen molar-refractivity contribution >= 4 is 37.5 Å². The molecule has 1 aliphatic heterocycles. The van der Waals surface area contributed by atoms with Crippen LogP contribution in [0.25, 0.3) is 0 Å². The number of benzene rings is 2. The van der Waals surface area contributed by atoms with Crippen molar-refractivity contribution in [1.29, 1.82) is 0 Å². The summed E-state index contributed by atoms with van der Waals surface area (Å²) in [6.07, 6.45) is 0.249. The monoisotopic (exact) mass is 440 g/mol. The van der Waals surface area contributed by atoms with E-state index in [1.807, 2.05) is 24.3 Å². The summed E-state index contributed by atoms with van der Waals surface area (Å²) in [4.78, 5) is 12.8. The molecule has 2 aromatic rings. The molecule has 1 aliphatic rings. The molecule has 2 aromatic carbocycles. The second-order valence-electron chi connectivity index (χ2n) is 6.05. The molecule has 0 saturated heterocycles. The Kier molecular flexibility index (Phi) is 5.45. The van der Waals surface area contributed by atoms with Gasteiger partial charge in [0, 0.05) is 11.0 Å². The number of anilines is 1. The third-order valence-corrected chi connectivity index (χ3v) is 6.74. The molecule has 26 heavy (non-hydrogen) atoms. The lowest BCUT2D eigenvalue weighted by molar-refractivity contribution is -0.120. The van der Waals surface area contributed by atoms with Crippen molar-refractivity contribution < 1.29 is 17.6 Å². The van der Waals surface area contributed by atoms with Crippen molar-refractivity contribution in [1.82, 2.24) is 4.31 Å². The van der Waals surface area contributed by atoms with Crippen LogP contribution in [0.4, 0.5) is 10.1 Å². The van der Waals surface area contributed by atoms with Gasteiger partial charge in [-0.1, -0.05) is 40.2 Å². The fourth-order valence-corrected chi connectivity index (χ4v) is 4.55. The van der Waals surface area contributed by atoms with Crippen molar-refractivity contribution in [2.24, 2.45) is 0 Å². The van der Waals surface area contributed by atoms with E-state index in [1.165, 1.54) is 16.4 Å². The maximum atomic E-state index is 14.0. The van der Waals surface area contributed by atoms with Crippen molar-refractivity contribution in [3.63, 3.8) is 0 Å². The predicted octanol–water partition coefficient (Wildman–Crippen LogP) is 3.30. The van der Waals surface area contributed by atoms with Crippen LogP contribution in [0.3, 0.4) is 0 Å². The van der Waals surface area contributed by atoms with Gasteiger partial charge < -0.3 is 5.32 Å². The second kappa shape index (κ2) is 7.46. The average molecular weight is 441 g/mol. The molecule has 3 rings (SSSR count). The smallest absolute Gasteiger partial charge is 0.243 e. The highest BCUT2D eigenvalue weighted by atomic mass is 79.9. The van der Waals surface area contributed by atoms with Crippen LogP contribution in [0.5, 0.6) is 0 Å². The quantitative estimate of drug-likeness (QED) is 0.792. The zero-order valence-corrected chi connectivity index (χ0v) is 16.5. The molecule has 0 radical (unpaired) electrons. The number of nitrogens with one attached hydrogen (secondary N) is 1. The maximum Gasteiger partial charge on any atom is 0.243 e. The van der Waals surface area contributed by atoms with E-state index in [-0.39, 0.29) is 24.4 Å². The van der Waals surface area contributed by atoms with Crippen LogP contribution in [0.1, 0.15) is 18.1 Å². The van der Waals surface area contributed by atoms with Crippen LogP contribution < -0.4 is 5.32 Å². The van der Waals surface area contributed by atoms with Crippen molar-refractivity contribution in [2.75, 3.05) is 11.1 Å². The second-order valence-corrected chi connectivity index (χ2v) is 9.17. The van der Waals surface area contributed by atoms with Crippen LogP contribution in [0.2, 0.25) is 0 Å². The first-order valence-electron chi connectivity index (χ1n) is 8.14. The summed E-state index contributed by atoms with van der Waals surface area (Å²) in [6, 6.07) is 10.8. The summed E-state index contributed by atoms with van der Waals surface area (Å²) in [5.74, 6) is -1.24. The zero-order valence-electron chi connectivity index (χ0n) is 14.1. The molecule has 0 bridgehead atoms. The Labute approximate surface area is 160 Å². The molecule has 0 fully saturated rings. The van der Waals surface area contributed by atoms with Crippen molar-refractivity contribution in [3.8, 4) is 0 Å². The first-order valence-corrected chi connectivity index (χ1v) is 10.5. The maximum absolute atomic E-state index is 14.0. The molecule has 138 valence electrons. The number of fused-ring (bicyclic) bond motifs is 1. The Balaban J connectivity index is 1.93. The molecular formula is C18H18BrFN2O3S. The molecule has 8 heteroatoms. The lowest BCUT2D eigenvalue weighted by Gasteiger charge is -2.34. The third kappa shape index (κ3) is 3.82. The van der Waals surface area contributed by atoms with E-state index in [2.05, 4.69) is 21.2 Å². The molecule has 1 heterocycles. The molecule has 5 nitrogen and oxygen atoms in total. The van der Waals surface area contributed by atoms with E-state index < -0.39 is 27.8 Å². The summed E-state index contributed by atoms with van der Waals surface area (Å²) in [5.41, 5.74) is 1.82. The molecule has 0 spiro atoms. The van der Waals surface area contributed by atoms with Crippen LogP contribution >= 0.6 is 15.9 Å². The first-order chi connectivity index (χ1) is 12.3. The number of carbonyl (C=O) groups is 1. The fraction of sp³-hybridized carbons (Fsp3) is 0.278. The summed E-state index contributed by atoms with van der Waals surface area (Å²) in [5, 5.41) is 2.52. The molecule has 1 N–H and O–H groups in total. The van der Waals surface area contributed by atoms with Gasteiger partial charge in [0.2, 0.25) is 15.9 Å². The number of hydrogen-bond donors (Lipinski definition) is 1. The van der Waals surface area contributed by atoms with Gasteiger partial charge in [0.25, 0.3) is 0 Å². The average Bonchev–Trinajstić information content (AvgIpc) is 2.62. The highest BCUT2D eigenvalue weighted by molar-refractivity contribution is 9.10. The van der Waals surface area contributed by atoms with Gasteiger partial charge in [-0.2, -0.15) is 4.31 Å². The third-order valence-electron chi connectivity index (χ3n) is 4.42. The summed E-state index contributed by atoms with van der Waals surface area (Å²) in [7, 11) is -3.60. The lowest BCUT2D eigenvalue weighted by Crippen LogP contribution is -2.51. The van der Waals surface area contributed by atoms with Gasteiger partial charge in [-0.25, -0.2) is 12.8 Å². The highest BCUT2D eigenvalue weighted by Gasteiger charge is 2.38. The van der Waals surface area contributed by atoms with E-state index in [0.29, 0.717) is 4.47 Å². The number of amides is 1. The number of rotatable bonds is 4. The Morgan fingerprint density at radius 1 is 1.27 bits per heavy atom. The Morgan fingerprint density at radius 3 is 2.62 bits per heavy atom. The van der Waals surface area contributed by atoms with Crippen LogP contribution in [-0.4, -0.2) is 30.4 Å². The topological polar surface area (TPSA) is 66.5 Å². The molecule has 0 unspecified atom stereocenters. The molecule has 0 aliphatic carbocycles. The van der Waals surface area contributed by atoms with Crippen molar-refractivity contribution in [3.05, 3.63) is 63.9 Å². The minimum Gasteiger partial charge on any atom is -0.322 e.